The van der Waals surface area contributed by atoms with Gasteiger partial charge >= 0.3 is 5.97 Å². The molecular weight excluding hydrogens is 270 g/mol. The Hall–Kier alpha value is -2.78. The van der Waals surface area contributed by atoms with E-state index in [0.717, 1.165) is 15.8 Å². The van der Waals surface area contributed by atoms with Gasteiger partial charge in [-0.15, -0.1) is 5.10 Å². The van der Waals surface area contributed by atoms with Crippen LogP contribution in [0.2, 0.25) is 0 Å². The Morgan fingerprint density at radius 3 is 2.70 bits per heavy atom. The number of carboxylic acids is 1. The standard InChI is InChI=1S/C10H11N5O5/c1-14-8(17)2-5(9(14)18)11-7(16)4-15-3-6(10(19)20)12-13-15/h3,5H,2,4H2,1H3,(H,11,16)(H,19,20). The molecular formula is C10H11N5O5. The Kier molecular flexibility index (Phi) is 3.46. The zero-order valence-corrected chi connectivity index (χ0v) is 10.4. The van der Waals surface area contributed by atoms with Crippen molar-refractivity contribution in [1.82, 2.24) is 25.2 Å². The van der Waals surface area contributed by atoms with E-state index in [1.165, 1.54) is 7.05 Å². The summed E-state index contributed by atoms with van der Waals surface area (Å²) in [6.07, 6.45) is 1.01. The van der Waals surface area contributed by atoms with Gasteiger partial charge in [-0.1, -0.05) is 5.21 Å². The van der Waals surface area contributed by atoms with Crippen molar-refractivity contribution in [2.75, 3.05) is 7.05 Å². The maximum atomic E-state index is 11.7. The van der Waals surface area contributed by atoms with Crippen molar-refractivity contribution in [3.63, 3.8) is 0 Å². The summed E-state index contributed by atoms with van der Waals surface area (Å²) in [6, 6.07) is -0.887. The van der Waals surface area contributed by atoms with Crippen LogP contribution in [0.5, 0.6) is 0 Å². The van der Waals surface area contributed by atoms with Crippen LogP contribution in [0.4, 0.5) is 0 Å². The van der Waals surface area contributed by atoms with Crippen molar-refractivity contribution in [1.29, 1.82) is 0 Å². The third-order valence-corrected chi connectivity index (χ3v) is 2.78. The zero-order valence-electron chi connectivity index (χ0n) is 10.4. The molecule has 10 heteroatoms. The molecule has 1 aliphatic heterocycles. The minimum atomic E-state index is -1.25. The second kappa shape index (κ2) is 5.07. The third kappa shape index (κ3) is 2.63. The summed E-state index contributed by atoms with van der Waals surface area (Å²) < 4.78 is 1.03. The van der Waals surface area contributed by atoms with Crippen molar-refractivity contribution in [3.8, 4) is 0 Å². The zero-order chi connectivity index (χ0) is 14.9. The summed E-state index contributed by atoms with van der Waals surface area (Å²) in [4.78, 5) is 46.1. The molecule has 1 saturated heterocycles. The molecule has 0 aromatic carbocycles. The Balaban J connectivity index is 1.94. The number of nitrogens with zero attached hydrogens (tertiary/aromatic N) is 4. The summed E-state index contributed by atoms with van der Waals surface area (Å²) in [5, 5.41) is 17.8. The molecule has 20 heavy (non-hydrogen) atoms. The van der Waals surface area contributed by atoms with Crippen molar-refractivity contribution in [2.45, 2.75) is 19.0 Å². The van der Waals surface area contributed by atoms with Crippen LogP contribution < -0.4 is 5.32 Å². The van der Waals surface area contributed by atoms with Gasteiger partial charge in [0.05, 0.1) is 12.6 Å². The highest BCUT2D eigenvalue weighted by molar-refractivity contribution is 6.06. The van der Waals surface area contributed by atoms with Crippen LogP contribution in [0.1, 0.15) is 16.9 Å². The first-order valence-electron chi connectivity index (χ1n) is 5.61. The molecule has 1 fully saturated rings. The minimum absolute atomic E-state index is 0.0845. The second-order valence-corrected chi connectivity index (χ2v) is 4.22. The predicted molar refractivity (Wildman–Crippen MR) is 61.3 cm³/mol. The SMILES string of the molecule is CN1C(=O)CC(NC(=O)Cn2cc(C(=O)O)nn2)C1=O. The van der Waals surface area contributed by atoms with Gasteiger partial charge in [-0.3, -0.25) is 19.3 Å². The number of aromatic carboxylic acids is 1. The molecule has 2 heterocycles. The van der Waals surface area contributed by atoms with Gasteiger partial charge in [-0.25, -0.2) is 9.48 Å². The summed E-state index contributed by atoms with van der Waals surface area (Å²) in [5.41, 5.74) is -0.287. The molecule has 0 spiro atoms. The molecule has 2 rings (SSSR count). The van der Waals surface area contributed by atoms with E-state index in [2.05, 4.69) is 15.6 Å². The van der Waals surface area contributed by atoms with Gasteiger partial charge in [0.25, 0.3) is 5.91 Å². The maximum Gasteiger partial charge on any atom is 0.358 e. The fraction of sp³-hybridized carbons (Fsp3) is 0.400. The van der Waals surface area contributed by atoms with E-state index in [0.29, 0.717) is 0 Å². The van der Waals surface area contributed by atoms with E-state index < -0.39 is 23.8 Å². The quantitative estimate of drug-likeness (QED) is 0.601. The Labute approximate surface area is 112 Å². The number of nitrogens with one attached hydrogen (secondary N) is 1. The lowest BCUT2D eigenvalue weighted by Gasteiger charge is -2.10. The van der Waals surface area contributed by atoms with E-state index in [9.17, 15) is 19.2 Å². The fourth-order valence-electron chi connectivity index (χ4n) is 1.73. The highest BCUT2D eigenvalue weighted by Crippen LogP contribution is 2.10. The molecule has 1 aromatic rings. The molecule has 2 N–H and O–H groups in total. The number of likely N-dealkylation sites (N-methyl/N-ethyl adjacent to an activating group) is 1. The molecule has 0 saturated carbocycles. The van der Waals surface area contributed by atoms with Crippen LogP contribution >= 0.6 is 0 Å². The number of hydrogen-bond acceptors (Lipinski definition) is 6. The van der Waals surface area contributed by atoms with E-state index in [4.69, 9.17) is 5.11 Å². The lowest BCUT2D eigenvalue weighted by molar-refractivity contribution is -0.138. The average molecular weight is 281 g/mol. The van der Waals surface area contributed by atoms with Crippen LogP contribution in [0, 0.1) is 0 Å². The third-order valence-electron chi connectivity index (χ3n) is 2.78. The van der Waals surface area contributed by atoms with E-state index >= 15 is 0 Å². The largest absolute Gasteiger partial charge is 0.476 e. The molecule has 106 valence electrons. The molecule has 1 atom stereocenters. The molecule has 1 aromatic heterocycles. The molecule has 3 amide bonds. The second-order valence-electron chi connectivity index (χ2n) is 4.22. The number of aromatic nitrogens is 3. The molecule has 10 nitrogen and oxygen atoms in total. The highest BCUT2D eigenvalue weighted by Gasteiger charge is 2.36. The maximum absolute atomic E-state index is 11.7. The van der Waals surface area contributed by atoms with E-state index in [1.54, 1.807) is 0 Å². The first-order chi connectivity index (χ1) is 9.38. The van der Waals surface area contributed by atoms with Gasteiger partial charge in [0.15, 0.2) is 5.69 Å². The van der Waals surface area contributed by atoms with Crippen molar-refractivity contribution in [3.05, 3.63) is 11.9 Å². The smallest absolute Gasteiger partial charge is 0.358 e. The number of likely N-dealkylation sites (tertiary alicyclic amines) is 1. The monoisotopic (exact) mass is 281 g/mol. The predicted octanol–water partition coefficient (Wildman–Crippen LogP) is -2.15. The summed E-state index contributed by atoms with van der Waals surface area (Å²) in [5.74, 6) is -2.66. The van der Waals surface area contributed by atoms with Gasteiger partial charge in [0, 0.05) is 7.05 Å². The summed E-state index contributed by atoms with van der Waals surface area (Å²) >= 11 is 0. The van der Waals surface area contributed by atoms with Gasteiger partial charge in [0.2, 0.25) is 11.8 Å². The number of carboxylic acid groups (broad SMARTS) is 1. The number of hydrogen-bond donors (Lipinski definition) is 2. The molecule has 0 aliphatic carbocycles. The Bertz CT molecular complexity index is 595. The van der Waals surface area contributed by atoms with Crippen LogP contribution in [0.15, 0.2) is 6.20 Å². The summed E-state index contributed by atoms with van der Waals surface area (Å²) in [7, 11) is 1.34. The molecule has 1 aliphatic rings. The van der Waals surface area contributed by atoms with Crippen LogP contribution in [0.3, 0.4) is 0 Å². The molecule has 1 unspecified atom stereocenters. The van der Waals surface area contributed by atoms with Crippen molar-refractivity contribution >= 4 is 23.7 Å². The van der Waals surface area contributed by atoms with Gasteiger partial charge in [-0.05, 0) is 0 Å². The van der Waals surface area contributed by atoms with Gasteiger partial charge in [-0.2, -0.15) is 0 Å². The summed E-state index contributed by atoms with van der Waals surface area (Å²) in [6.45, 7) is -0.290. The first kappa shape index (κ1) is 13.6. The minimum Gasteiger partial charge on any atom is -0.476 e. The number of carbonyl (C=O) groups excluding carboxylic acids is 3. The van der Waals surface area contributed by atoms with Crippen LogP contribution in [-0.2, 0) is 20.9 Å². The normalized spacial score (nSPS) is 18.4. The van der Waals surface area contributed by atoms with Crippen LogP contribution in [-0.4, -0.2) is 61.8 Å². The van der Waals surface area contributed by atoms with Crippen molar-refractivity contribution < 1.29 is 24.3 Å². The number of rotatable bonds is 4. The highest BCUT2D eigenvalue weighted by atomic mass is 16.4. The van der Waals surface area contributed by atoms with Crippen molar-refractivity contribution in [2.24, 2.45) is 0 Å². The number of amides is 3. The van der Waals surface area contributed by atoms with Gasteiger partial charge < -0.3 is 10.4 Å². The fourth-order valence-corrected chi connectivity index (χ4v) is 1.73. The first-order valence-corrected chi connectivity index (χ1v) is 5.61. The van der Waals surface area contributed by atoms with Gasteiger partial charge in [0.1, 0.15) is 12.6 Å². The van der Waals surface area contributed by atoms with E-state index in [-0.39, 0.29) is 24.6 Å². The molecule has 0 bridgehead atoms. The number of imide groups is 1. The van der Waals surface area contributed by atoms with E-state index in [1.807, 2.05) is 0 Å². The Morgan fingerprint density at radius 2 is 2.20 bits per heavy atom. The topological polar surface area (TPSA) is 134 Å². The molecule has 0 radical (unpaired) electrons. The lowest BCUT2D eigenvalue weighted by Crippen LogP contribution is -2.42. The lowest BCUT2D eigenvalue weighted by atomic mass is 10.2. The number of carbonyl (C=O) groups is 4. The van der Waals surface area contributed by atoms with Crippen LogP contribution in [0.25, 0.3) is 0 Å². The Morgan fingerprint density at radius 1 is 1.50 bits per heavy atom. The average Bonchev–Trinajstić information content (AvgIpc) is 2.92.